The van der Waals surface area contributed by atoms with Gasteiger partial charge in [0.25, 0.3) is 5.91 Å². The lowest BCUT2D eigenvalue weighted by Crippen LogP contribution is -2.39. The Morgan fingerprint density at radius 3 is 2.32 bits per heavy atom. The number of hydrogen-bond acceptors (Lipinski definition) is 4. The average Bonchev–Trinajstić information content (AvgIpc) is 3.28. The van der Waals surface area contributed by atoms with Crippen molar-refractivity contribution in [3.63, 3.8) is 0 Å². The van der Waals surface area contributed by atoms with Gasteiger partial charge < -0.3 is 14.6 Å². The predicted molar refractivity (Wildman–Crippen MR) is 118 cm³/mol. The standard InChI is InChI=1S/C25H25N3O3/c1-17(29)23-24(30)22(28(25(23)31)15-14-27-13-12-26-18(27)2)16-19-8-10-21(11-9-19)20-6-4-3-5-7-20/h3-13,22,30H,14-16H2,1-2H3. The summed E-state index contributed by atoms with van der Waals surface area (Å²) < 4.78 is 1.95. The number of aliphatic hydroxyl groups excluding tert-OH is 1. The highest BCUT2D eigenvalue weighted by atomic mass is 16.3. The van der Waals surface area contributed by atoms with Crippen molar-refractivity contribution in [2.24, 2.45) is 0 Å². The number of aryl methyl sites for hydroxylation is 1. The molecule has 1 unspecified atom stereocenters. The molecule has 3 aromatic rings. The van der Waals surface area contributed by atoms with Crippen molar-refractivity contribution in [2.75, 3.05) is 6.54 Å². The molecule has 6 heteroatoms. The van der Waals surface area contributed by atoms with Gasteiger partial charge in [-0.1, -0.05) is 54.6 Å². The summed E-state index contributed by atoms with van der Waals surface area (Å²) in [7, 11) is 0. The highest BCUT2D eigenvalue weighted by Gasteiger charge is 2.41. The Morgan fingerprint density at radius 2 is 1.71 bits per heavy atom. The maximum atomic E-state index is 12.9. The summed E-state index contributed by atoms with van der Waals surface area (Å²) in [5.41, 5.74) is 3.11. The van der Waals surface area contributed by atoms with Gasteiger partial charge in [-0.15, -0.1) is 0 Å². The number of amides is 1. The van der Waals surface area contributed by atoms with E-state index < -0.39 is 17.7 Å². The molecule has 1 amide bonds. The van der Waals surface area contributed by atoms with E-state index in [2.05, 4.69) is 17.1 Å². The number of aromatic nitrogens is 2. The molecule has 1 aliphatic rings. The van der Waals surface area contributed by atoms with E-state index in [0.29, 0.717) is 19.5 Å². The molecule has 1 atom stereocenters. The Kier molecular flexibility index (Phi) is 5.71. The molecule has 1 N–H and O–H groups in total. The van der Waals surface area contributed by atoms with Gasteiger partial charge in [-0.05, 0) is 30.5 Å². The number of hydrogen-bond donors (Lipinski definition) is 1. The van der Waals surface area contributed by atoms with Crippen molar-refractivity contribution >= 4 is 11.7 Å². The highest BCUT2D eigenvalue weighted by Crippen LogP contribution is 2.28. The van der Waals surface area contributed by atoms with Crippen LogP contribution < -0.4 is 0 Å². The van der Waals surface area contributed by atoms with Crippen LogP contribution in [-0.4, -0.2) is 43.8 Å². The number of benzene rings is 2. The zero-order valence-electron chi connectivity index (χ0n) is 17.7. The van der Waals surface area contributed by atoms with Crippen LogP contribution >= 0.6 is 0 Å². The number of Topliss-reactive ketones (excluding diaryl/α,β-unsaturated/α-hetero) is 1. The molecule has 1 aliphatic heterocycles. The number of rotatable bonds is 7. The third-order valence-electron chi connectivity index (χ3n) is 5.77. The molecule has 0 aliphatic carbocycles. The first-order valence-corrected chi connectivity index (χ1v) is 10.3. The smallest absolute Gasteiger partial charge is 0.261 e. The number of imidazole rings is 1. The molecule has 0 radical (unpaired) electrons. The Balaban J connectivity index is 1.56. The Morgan fingerprint density at radius 1 is 1.03 bits per heavy atom. The zero-order valence-corrected chi connectivity index (χ0v) is 17.7. The molecule has 2 aromatic carbocycles. The third-order valence-corrected chi connectivity index (χ3v) is 5.77. The molecule has 6 nitrogen and oxygen atoms in total. The molecule has 0 fully saturated rings. The number of carbonyl (C=O) groups is 2. The molecule has 1 aromatic heterocycles. The normalized spacial score (nSPS) is 16.3. The number of aliphatic hydroxyl groups is 1. The first kappa shape index (κ1) is 20.6. The monoisotopic (exact) mass is 415 g/mol. The Labute approximate surface area is 181 Å². The van der Waals surface area contributed by atoms with Crippen LogP contribution in [0.25, 0.3) is 11.1 Å². The molecule has 0 saturated heterocycles. The van der Waals surface area contributed by atoms with Crippen LogP contribution in [0.3, 0.4) is 0 Å². The second kappa shape index (κ2) is 8.60. The summed E-state index contributed by atoms with van der Waals surface area (Å²) in [5.74, 6) is -0.0995. The molecule has 2 heterocycles. The SMILES string of the molecule is CC(=O)C1=C(O)C(Cc2ccc(-c3ccccc3)cc2)N(CCn2ccnc2C)C1=O. The van der Waals surface area contributed by atoms with E-state index in [-0.39, 0.29) is 11.3 Å². The largest absolute Gasteiger partial charge is 0.509 e. The van der Waals surface area contributed by atoms with Crippen LogP contribution in [-0.2, 0) is 22.6 Å². The van der Waals surface area contributed by atoms with Crippen molar-refractivity contribution in [3.05, 3.63) is 89.7 Å². The van der Waals surface area contributed by atoms with E-state index in [1.165, 1.54) is 6.92 Å². The van der Waals surface area contributed by atoms with E-state index in [4.69, 9.17) is 0 Å². The molecule has 0 spiro atoms. The van der Waals surface area contributed by atoms with Crippen LogP contribution in [0.5, 0.6) is 0 Å². The number of nitrogens with zero attached hydrogens (tertiary/aromatic N) is 3. The van der Waals surface area contributed by atoms with Gasteiger partial charge >= 0.3 is 0 Å². The zero-order chi connectivity index (χ0) is 22.0. The molecule has 0 saturated carbocycles. The first-order valence-electron chi connectivity index (χ1n) is 10.3. The fourth-order valence-electron chi connectivity index (χ4n) is 4.05. The minimum atomic E-state index is -0.558. The second-order valence-electron chi connectivity index (χ2n) is 7.77. The van der Waals surface area contributed by atoms with E-state index in [1.54, 1.807) is 11.1 Å². The van der Waals surface area contributed by atoms with Crippen LogP contribution in [0, 0.1) is 6.92 Å². The van der Waals surface area contributed by atoms with Crippen molar-refractivity contribution in [2.45, 2.75) is 32.9 Å². The quantitative estimate of drug-likeness (QED) is 0.597. The number of ketones is 1. The minimum absolute atomic E-state index is 0.103. The number of carbonyl (C=O) groups excluding carboxylic acids is 2. The van der Waals surface area contributed by atoms with Crippen molar-refractivity contribution in [1.82, 2.24) is 14.5 Å². The van der Waals surface area contributed by atoms with Gasteiger partial charge in [0.2, 0.25) is 0 Å². The van der Waals surface area contributed by atoms with Gasteiger partial charge in [-0.25, -0.2) is 4.98 Å². The van der Waals surface area contributed by atoms with Crippen LogP contribution in [0.1, 0.15) is 18.3 Å². The van der Waals surface area contributed by atoms with Crippen molar-refractivity contribution < 1.29 is 14.7 Å². The summed E-state index contributed by atoms with van der Waals surface area (Å²) in [5, 5.41) is 10.7. The third kappa shape index (κ3) is 4.14. The molecular formula is C25H25N3O3. The van der Waals surface area contributed by atoms with Crippen molar-refractivity contribution in [3.8, 4) is 11.1 Å². The van der Waals surface area contributed by atoms with Gasteiger partial charge in [0.1, 0.15) is 17.2 Å². The predicted octanol–water partition coefficient (Wildman–Crippen LogP) is 3.71. The maximum Gasteiger partial charge on any atom is 0.261 e. The molecule has 4 rings (SSSR count). The Hall–Kier alpha value is -3.67. The summed E-state index contributed by atoms with van der Waals surface area (Å²) in [6.07, 6.45) is 4.00. The van der Waals surface area contributed by atoms with Crippen LogP contribution in [0.4, 0.5) is 0 Å². The Bertz CT molecular complexity index is 1130. The lowest BCUT2D eigenvalue weighted by Gasteiger charge is -2.26. The fraction of sp³-hybridized carbons (Fsp3) is 0.240. The van der Waals surface area contributed by atoms with Gasteiger partial charge in [0.15, 0.2) is 5.78 Å². The van der Waals surface area contributed by atoms with E-state index >= 15 is 0 Å². The van der Waals surface area contributed by atoms with Gasteiger partial charge in [0, 0.05) is 31.9 Å². The molecule has 0 bridgehead atoms. The summed E-state index contributed by atoms with van der Waals surface area (Å²) in [6, 6.07) is 17.6. The van der Waals surface area contributed by atoms with E-state index in [9.17, 15) is 14.7 Å². The first-order chi connectivity index (χ1) is 15.0. The fourth-order valence-corrected chi connectivity index (χ4v) is 4.05. The van der Waals surface area contributed by atoms with Gasteiger partial charge in [0.05, 0.1) is 6.04 Å². The van der Waals surface area contributed by atoms with Crippen LogP contribution in [0.2, 0.25) is 0 Å². The molecule has 31 heavy (non-hydrogen) atoms. The average molecular weight is 415 g/mol. The summed E-state index contributed by atoms with van der Waals surface area (Å²) in [6.45, 7) is 4.14. The minimum Gasteiger partial charge on any atom is -0.509 e. The molecular weight excluding hydrogens is 390 g/mol. The van der Waals surface area contributed by atoms with Gasteiger partial charge in [-0.3, -0.25) is 9.59 Å². The van der Waals surface area contributed by atoms with Gasteiger partial charge in [-0.2, -0.15) is 0 Å². The molecule has 158 valence electrons. The highest BCUT2D eigenvalue weighted by molar-refractivity contribution is 6.20. The maximum absolute atomic E-state index is 12.9. The lowest BCUT2D eigenvalue weighted by atomic mass is 9.99. The lowest BCUT2D eigenvalue weighted by molar-refractivity contribution is -0.129. The second-order valence-corrected chi connectivity index (χ2v) is 7.77. The topological polar surface area (TPSA) is 75.4 Å². The van der Waals surface area contributed by atoms with Crippen molar-refractivity contribution in [1.29, 1.82) is 0 Å². The summed E-state index contributed by atoms with van der Waals surface area (Å²) >= 11 is 0. The van der Waals surface area contributed by atoms with E-state index in [0.717, 1.165) is 22.5 Å². The van der Waals surface area contributed by atoms with Crippen LogP contribution in [0.15, 0.2) is 78.3 Å². The summed E-state index contributed by atoms with van der Waals surface area (Å²) in [4.78, 5) is 30.7. The van der Waals surface area contributed by atoms with E-state index in [1.807, 2.05) is 60.2 Å².